The standard InChI is InChI=1S/C34H45N7O6/c1-22(11-13-25-10-8-6-7-9-23(21-35-25)34(42)39-43)12-14-28-36-29-32(40(28)2)37-31(38-33(29)41-15-17-47-18-16-41)24-19-26(44-3)30(46-5)27(20-24)45-4/h7,9,19-22,43H,6,8,10-18H2,1-5H3,(H,39,42)/b9-7-,23-21+,35-25+. The van der Waals surface area contributed by atoms with Gasteiger partial charge in [0.1, 0.15) is 5.82 Å². The van der Waals surface area contributed by atoms with E-state index in [2.05, 4.69) is 21.4 Å². The number of hydroxylamine groups is 1. The van der Waals surface area contributed by atoms with Crippen molar-refractivity contribution in [1.82, 2.24) is 25.0 Å². The maximum atomic E-state index is 11.9. The summed E-state index contributed by atoms with van der Waals surface area (Å²) in [5, 5.41) is 9.03. The van der Waals surface area contributed by atoms with Crippen LogP contribution in [0.5, 0.6) is 17.2 Å². The summed E-state index contributed by atoms with van der Waals surface area (Å²) in [6.07, 6.45) is 11.4. The predicted molar refractivity (Wildman–Crippen MR) is 180 cm³/mol. The van der Waals surface area contributed by atoms with Crippen LogP contribution in [0.2, 0.25) is 0 Å². The minimum atomic E-state index is -0.556. The van der Waals surface area contributed by atoms with Gasteiger partial charge in [0.05, 0.1) is 40.1 Å². The van der Waals surface area contributed by atoms with Gasteiger partial charge in [-0.25, -0.2) is 20.4 Å². The van der Waals surface area contributed by atoms with Crippen LogP contribution in [-0.2, 0) is 23.0 Å². The Balaban J connectivity index is 1.38. The molecule has 0 aliphatic carbocycles. The fourth-order valence-corrected chi connectivity index (χ4v) is 5.87. The molecule has 4 heterocycles. The van der Waals surface area contributed by atoms with Gasteiger partial charge in [-0.2, -0.15) is 0 Å². The molecular formula is C34H45N7O6. The van der Waals surface area contributed by atoms with Gasteiger partial charge in [-0.1, -0.05) is 19.1 Å². The summed E-state index contributed by atoms with van der Waals surface area (Å²) in [6, 6.07) is 3.72. The highest BCUT2D eigenvalue weighted by molar-refractivity contribution is 5.96. The summed E-state index contributed by atoms with van der Waals surface area (Å²) in [6.45, 7) is 4.92. The van der Waals surface area contributed by atoms with Gasteiger partial charge in [0.2, 0.25) is 5.75 Å². The number of nitrogens with zero attached hydrogens (tertiary/aromatic N) is 6. The third kappa shape index (κ3) is 7.91. The molecule has 0 saturated carbocycles. The first-order valence-electron chi connectivity index (χ1n) is 16.1. The van der Waals surface area contributed by atoms with Crippen molar-refractivity contribution in [3.63, 3.8) is 0 Å². The van der Waals surface area contributed by atoms with Crippen LogP contribution in [0, 0.1) is 5.92 Å². The Morgan fingerprint density at radius 3 is 2.45 bits per heavy atom. The average molecular weight is 648 g/mol. The van der Waals surface area contributed by atoms with Crippen LogP contribution in [0.15, 0.2) is 41.1 Å². The molecule has 252 valence electrons. The van der Waals surface area contributed by atoms with Crippen molar-refractivity contribution in [2.75, 3.05) is 52.5 Å². The van der Waals surface area contributed by atoms with E-state index in [0.717, 1.165) is 79.0 Å². The smallest absolute Gasteiger partial charge is 0.276 e. The Morgan fingerprint density at radius 1 is 1.04 bits per heavy atom. The lowest BCUT2D eigenvalue weighted by atomic mass is 9.96. The van der Waals surface area contributed by atoms with Crippen molar-refractivity contribution in [1.29, 1.82) is 0 Å². The number of anilines is 1. The van der Waals surface area contributed by atoms with Crippen molar-refractivity contribution in [3.05, 3.63) is 41.9 Å². The number of hydrogen-bond donors (Lipinski definition) is 2. The van der Waals surface area contributed by atoms with Crippen molar-refractivity contribution < 1.29 is 28.9 Å². The fourth-order valence-electron chi connectivity index (χ4n) is 5.87. The van der Waals surface area contributed by atoms with E-state index >= 15 is 0 Å². The lowest BCUT2D eigenvalue weighted by molar-refractivity contribution is -0.124. The van der Waals surface area contributed by atoms with E-state index in [1.54, 1.807) is 39.1 Å². The lowest BCUT2D eigenvalue weighted by Crippen LogP contribution is -2.37. The first-order chi connectivity index (χ1) is 22.9. The molecule has 47 heavy (non-hydrogen) atoms. The molecule has 0 bridgehead atoms. The third-order valence-electron chi connectivity index (χ3n) is 8.70. The normalized spacial score (nSPS) is 19.0. The minimum Gasteiger partial charge on any atom is -0.493 e. The topological polar surface area (TPSA) is 145 Å². The number of benzene rings is 1. The second-order valence-corrected chi connectivity index (χ2v) is 11.8. The number of amides is 1. The molecule has 1 saturated heterocycles. The number of hydrogen-bond acceptors (Lipinski definition) is 11. The molecule has 0 radical (unpaired) electrons. The van der Waals surface area contributed by atoms with Crippen LogP contribution in [0.25, 0.3) is 22.6 Å². The molecule has 1 amide bonds. The maximum Gasteiger partial charge on any atom is 0.276 e. The lowest BCUT2D eigenvalue weighted by Gasteiger charge is -2.28. The Morgan fingerprint density at radius 2 is 1.77 bits per heavy atom. The molecular weight excluding hydrogens is 602 g/mol. The fraction of sp³-hybridized carbons (Fsp3) is 0.500. The zero-order valence-corrected chi connectivity index (χ0v) is 27.9. The van der Waals surface area contributed by atoms with Crippen molar-refractivity contribution in [2.45, 2.75) is 51.9 Å². The average Bonchev–Trinajstić information content (AvgIpc) is 3.49. The van der Waals surface area contributed by atoms with Crippen molar-refractivity contribution in [3.8, 4) is 28.6 Å². The van der Waals surface area contributed by atoms with E-state index in [1.165, 1.54) is 0 Å². The number of nitrogens with one attached hydrogen (secondary N) is 1. The van der Waals surface area contributed by atoms with Crippen LogP contribution in [-0.4, -0.2) is 84.0 Å². The zero-order valence-electron chi connectivity index (χ0n) is 27.9. The SMILES string of the molecule is COc1cc(-c2nc(N3CCOCC3)c3nc(CCC(C)CC/C4=N/C=C(C(=O)NO)\C=C/CCC4)n(C)c3n2)cc(OC)c1OC. The van der Waals surface area contributed by atoms with Gasteiger partial charge in [-0.3, -0.25) is 15.0 Å². The van der Waals surface area contributed by atoms with E-state index in [-0.39, 0.29) is 0 Å². The van der Waals surface area contributed by atoms with Crippen LogP contribution in [0.3, 0.4) is 0 Å². The van der Waals surface area contributed by atoms with Gasteiger partial charge in [-0.15, -0.1) is 0 Å². The van der Waals surface area contributed by atoms with E-state index in [9.17, 15) is 4.79 Å². The molecule has 1 aromatic carbocycles. The molecule has 2 aliphatic rings. The number of carbonyl (C=O) groups excluding carboxylic acids is 1. The molecule has 1 atom stereocenters. The second kappa shape index (κ2) is 15.9. The summed E-state index contributed by atoms with van der Waals surface area (Å²) in [7, 11) is 6.77. The quantitative estimate of drug-likeness (QED) is 0.207. The minimum absolute atomic E-state index is 0.342. The number of carbonyl (C=O) groups is 1. The number of imidazole rings is 1. The van der Waals surface area contributed by atoms with E-state index < -0.39 is 5.91 Å². The maximum absolute atomic E-state index is 11.9. The number of aliphatic imine (C=N–C) groups is 1. The van der Waals surface area contributed by atoms with E-state index in [1.807, 2.05) is 25.3 Å². The number of methoxy groups -OCH3 is 3. The molecule has 1 unspecified atom stereocenters. The first kappa shape index (κ1) is 33.9. The highest BCUT2D eigenvalue weighted by atomic mass is 16.5. The highest BCUT2D eigenvalue weighted by Gasteiger charge is 2.24. The molecule has 2 aromatic heterocycles. The summed E-state index contributed by atoms with van der Waals surface area (Å²) in [5.41, 5.74) is 5.38. The van der Waals surface area contributed by atoms with Crippen molar-refractivity contribution >= 4 is 28.6 Å². The van der Waals surface area contributed by atoms with Crippen LogP contribution in [0.1, 0.15) is 51.3 Å². The number of aromatic nitrogens is 4. The van der Waals surface area contributed by atoms with Gasteiger partial charge in [-0.05, 0) is 56.6 Å². The molecule has 5 rings (SSSR count). The summed E-state index contributed by atoms with van der Waals surface area (Å²) in [4.78, 5) is 33.9. The van der Waals surface area contributed by atoms with Gasteiger partial charge >= 0.3 is 0 Å². The van der Waals surface area contributed by atoms with Crippen LogP contribution < -0.4 is 24.6 Å². The number of morpholine rings is 1. The molecule has 1 fully saturated rings. The summed E-state index contributed by atoms with van der Waals surface area (Å²) >= 11 is 0. The molecule has 3 aromatic rings. The first-order valence-corrected chi connectivity index (χ1v) is 16.1. The van der Waals surface area contributed by atoms with Crippen LogP contribution >= 0.6 is 0 Å². The Labute approximate surface area is 275 Å². The van der Waals surface area contributed by atoms with Crippen molar-refractivity contribution in [2.24, 2.45) is 18.0 Å². The highest BCUT2D eigenvalue weighted by Crippen LogP contribution is 2.41. The predicted octanol–water partition coefficient (Wildman–Crippen LogP) is 4.81. The van der Waals surface area contributed by atoms with Gasteiger partial charge in [0.15, 0.2) is 34.3 Å². The third-order valence-corrected chi connectivity index (χ3v) is 8.70. The number of aryl methyl sites for hydroxylation is 2. The molecule has 0 spiro atoms. The van der Waals surface area contributed by atoms with Gasteiger partial charge in [0.25, 0.3) is 5.91 Å². The summed E-state index contributed by atoms with van der Waals surface area (Å²) < 4.78 is 24.5. The molecule has 2 N–H and O–H groups in total. The molecule has 13 heteroatoms. The number of allylic oxidation sites excluding steroid dienone is 1. The monoisotopic (exact) mass is 647 g/mol. The van der Waals surface area contributed by atoms with E-state index in [0.29, 0.717) is 60.9 Å². The zero-order chi connectivity index (χ0) is 33.3. The Bertz CT molecular complexity index is 1630. The second-order valence-electron chi connectivity index (χ2n) is 11.8. The number of ether oxygens (including phenoxy) is 4. The number of fused-ring (bicyclic) bond motifs is 1. The largest absolute Gasteiger partial charge is 0.493 e. The van der Waals surface area contributed by atoms with Crippen LogP contribution in [0.4, 0.5) is 5.82 Å². The van der Waals surface area contributed by atoms with Gasteiger partial charge in [0, 0.05) is 44.0 Å². The van der Waals surface area contributed by atoms with E-state index in [4.69, 9.17) is 39.1 Å². The van der Waals surface area contributed by atoms with Gasteiger partial charge < -0.3 is 28.4 Å². The summed E-state index contributed by atoms with van der Waals surface area (Å²) in [5.74, 6) is 3.71. The Kier molecular flexibility index (Phi) is 11.4. The Hall–Kier alpha value is -4.49. The number of rotatable bonds is 12. The molecule has 2 aliphatic heterocycles. The molecule has 13 nitrogen and oxygen atoms in total.